The molecule has 1 amide bonds. The van der Waals surface area contributed by atoms with Gasteiger partial charge >= 0.3 is 5.97 Å². The van der Waals surface area contributed by atoms with Crippen molar-refractivity contribution in [2.24, 2.45) is 0 Å². The zero-order chi connectivity index (χ0) is 35.1. The second-order valence-corrected chi connectivity index (χ2v) is 14.4. The number of piperidine rings is 1. The molecule has 1 unspecified atom stereocenters. The molecule has 0 aliphatic carbocycles. The molecule has 4 aromatic carbocycles. The number of benzene rings is 4. The molecule has 1 heterocycles. The van der Waals surface area contributed by atoms with E-state index in [4.69, 9.17) is 32.7 Å². The molecule has 2 atom stereocenters. The van der Waals surface area contributed by atoms with Gasteiger partial charge in [0.05, 0.1) is 46.2 Å². The number of amides is 1. The molecule has 0 bridgehead atoms. The monoisotopic (exact) mass is 719 g/mol. The fraction of sp³-hybridized carbons (Fsp3) is 0.342. The summed E-state index contributed by atoms with van der Waals surface area (Å²) in [5.41, 5.74) is 2.48. The van der Waals surface area contributed by atoms with Gasteiger partial charge in [-0.15, -0.1) is 0 Å². The molecule has 0 saturated carbocycles. The van der Waals surface area contributed by atoms with Gasteiger partial charge in [-0.3, -0.25) is 13.8 Å². The fourth-order valence-corrected chi connectivity index (χ4v) is 7.86. The third-order valence-corrected chi connectivity index (χ3v) is 11.0. The quantitative estimate of drug-likeness (QED) is 0.140. The van der Waals surface area contributed by atoms with Crippen molar-refractivity contribution in [3.05, 3.63) is 105 Å². The van der Waals surface area contributed by atoms with Crippen LogP contribution in [-0.4, -0.2) is 79.1 Å². The molecule has 1 aliphatic rings. The van der Waals surface area contributed by atoms with Crippen LogP contribution >= 0.6 is 23.2 Å². The van der Waals surface area contributed by atoms with Crippen LogP contribution in [0.5, 0.6) is 5.75 Å². The van der Waals surface area contributed by atoms with Gasteiger partial charge in [-0.1, -0.05) is 71.7 Å². The molecule has 0 aromatic heterocycles. The standard InChI is InChI=1S/C38H39Cl2N3O5S/c1-47-35(44)24-43(38(45)36-31-10-5-4-8-27(31)20-29(22-41)37(36)48-2)23-28(26-12-13-32(39)33(40)21-26)16-19-42-17-14-25(15-18-42)30-9-6-7-11-34(30)49(3)46/h4-13,20-21,25,28H,14-19,23-24H2,1-3H3/t28?,49-/m1/s1. The summed E-state index contributed by atoms with van der Waals surface area (Å²) in [6.07, 6.45) is 4.28. The maximum Gasteiger partial charge on any atom is 0.325 e. The van der Waals surface area contributed by atoms with E-state index >= 15 is 0 Å². The van der Waals surface area contributed by atoms with Crippen LogP contribution in [0.4, 0.5) is 0 Å². The number of carbonyl (C=O) groups excluding carboxylic acids is 2. The van der Waals surface area contributed by atoms with E-state index in [1.807, 2.05) is 48.5 Å². The molecule has 49 heavy (non-hydrogen) atoms. The number of nitrogens with zero attached hydrogens (tertiary/aromatic N) is 3. The van der Waals surface area contributed by atoms with Crippen LogP contribution in [0.3, 0.4) is 0 Å². The topological polar surface area (TPSA) is 99.9 Å². The van der Waals surface area contributed by atoms with Crippen LogP contribution in [0.2, 0.25) is 10.0 Å². The minimum absolute atomic E-state index is 0.156. The van der Waals surface area contributed by atoms with E-state index < -0.39 is 22.7 Å². The van der Waals surface area contributed by atoms with E-state index in [-0.39, 0.29) is 35.9 Å². The number of esters is 1. The largest absolute Gasteiger partial charge is 0.495 e. The smallest absolute Gasteiger partial charge is 0.325 e. The molecule has 1 fully saturated rings. The van der Waals surface area contributed by atoms with Crippen molar-refractivity contribution in [3.8, 4) is 11.8 Å². The first-order chi connectivity index (χ1) is 23.6. The Morgan fingerprint density at radius 1 is 1.02 bits per heavy atom. The number of fused-ring (bicyclic) bond motifs is 1. The first-order valence-electron chi connectivity index (χ1n) is 16.1. The highest BCUT2D eigenvalue weighted by Gasteiger charge is 2.30. The van der Waals surface area contributed by atoms with Gasteiger partial charge in [0.15, 0.2) is 0 Å². The lowest BCUT2D eigenvalue weighted by atomic mass is 9.88. The third-order valence-electron chi connectivity index (χ3n) is 9.28. The molecular formula is C38H39Cl2N3O5S. The lowest BCUT2D eigenvalue weighted by Crippen LogP contribution is -2.40. The Balaban J connectivity index is 1.43. The molecule has 256 valence electrons. The number of halogens is 2. The highest BCUT2D eigenvalue weighted by atomic mass is 35.5. The number of likely N-dealkylation sites (tertiary alicyclic amines) is 1. The molecule has 0 N–H and O–H groups in total. The Morgan fingerprint density at radius 3 is 2.41 bits per heavy atom. The number of hydrogen-bond acceptors (Lipinski definition) is 7. The number of ether oxygens (including phenoxy) is 2. The number of hydrogen-bond donors (Lipinski definition) is 0. The van der Waals surface area contributed by atoms with E-state index in [0.29, 0.717) is 33.2 Å². The summed E-state index contributed by atoms with van der Waals surface area (Å²) < 4.78 is 23.0. The van der Waals surface area contributed by atoms with Gasteiger partial charge in [0.2, 0.25) is 0 Å². The summed E-state index contributed by atoms with van der Waals surface area (Å²) in [5, 5.41) is 12.1. The normalized spacial score (nSPS) is 14.9. The van der Waals surface area contributed by atoms with Gasteiger partial charge < -0.3 is 19.3 Å². The number of rotatable bonds is 12. The van der Waals surface area contributed by atoms with Gasteiger partial charge in [0, 0.05) is 23.6 Å². The Morgan fingerprint density at radius 2 is 1.73 bits per heavy atom. The van der Waals surface area contributed by atoms with Crippen molar-refractivity contribution in [1.29, 1.82) is 5.26 Å². The van der Waals surface area contributed by atoms with Gasteiger partial charge in [0.25, 0.3) is 5.91 Å². The number of nitriles is 1. The molecule has 0 spiro atoms. The lowest BCUT2D eigenvalue weighted by Gasteiger charge is -2.34. The predicted molar refractivity (Wildman–Crippen MR) is 194 cm³/mol. The number of methoxy groups -OCH3 is 2. The van der Waals surface area contributed by atoms with Gasteiger partial charge in [-0.25, -0.2) is 0 Å². The average Bonchev–Trinajstić information content (AvgIpc) is 3.12. The highest BCUT2D eigenvalue weighted by molar-refractivity contribution is 7.84. The van der Waals surface area contributed by atoms with Crippen molar-refractivity contribution < 1.29 is 23.3 Å². The summed E-state index contributed by atoms with van der Waals surface area (Å²) in [6, 6.07) is 24.6. The Bertz CT molecular complexity index is 1900. The second-order valence-electron chi connectivity index (χ2n) is 12.2. The average molecular weight is 721 g/mol. The zero-order valence-corrected chi connectivity index (χ0v) is 30.1. The van der Waals surface area contributed by atoms with Crippen molar-refractivity contribution in [2.75, 3.05) is 53.2 Å². The SMILES string of the molecule is COC(=O)CN(CC(CCN1CCC(c2ccccc2[S@@](C)=O)CC1)c1ccc(Cl)c(Cl)c1)C(=O)c1c(OC)c(C#N)cc2ccccc12. The Kier molecular flexibility index (Phi) is 12.3. The molecule has 5 rings (SSSR count). The van der Waals surface area contributed by atoms with Crippen LogP contribution < -0.4 is 4.74 Å². The molecule has 4 aromatic rings. The van der Waals surface area contributed by atoms with Gasteiger partial charge in [-0.2, -0.15) is 5.26 Å². The van der Waals surface area contributed by atoms with Crippen LogP contribution in [0.25, 0.3) is 10.8 Å². The Labute approximate surface area is 300 Å². The first kappa shape index (κ1) is 36.3. The summed E-state index contributed by atoms with van der Waals surface area (Å²) >= 11 is 12.8. The number of carbonyl (C=O) groups is 2. The second kappa shape index (κ2) is 16.6. The molecule has 1 saturated heterocycles. The van der Waals surface area contributed by atoms with E-state index in [1.54, 1.807) is 24.5 Å². The third kappa shape index (κ3) is 8.45. The zero-order valence-electron chi connectivity index (χ0n) is 27.8. The van der Waals surface area contributed by atoms with Crippen molar-refractivity contribution >= 4 is 56.7 Å². The van der Waals surface area contributed by atoms with E-state index in [1.165, 1.54) is 19.1 Å². The minimum Gasteiger partial charge on any atom is -0.495 e. The maximum atomic E-state index is 14.5. The summed E-state index contributed by atoms with van der Waals surface area (Å²) in [4.78, 5) is 32.1. The van der Waals surface area contributed by atoms with Crippen LogP contribution in [0.1, 0.15) is 58.1 Å². The van der Waals surface area contributed by atoms with Crippen molar-refractivity contribution in [3.63, 3.8) is 0 Å². The molecule has 8 nitrogen and oxygen atoms in total. The van der Waals surface area contributed by atoms with Crippen molar-refractivity contribution in [1.82, 2.24) is 9.80 Å². The van der Waals surface area contributed by atoms with E-state index in [9.17, 15) is 19.1 Å². The first-order valence-corrected chi connectivity index (χ1v) is 18.4. The molecule has 0 radical (unpaired) electrons. The lowest BCUT2D eigenvalue weighted by molar-refractivity contribution is -0.141. The van der Waals surface area contributed by atoms with Crippen LogP contribution in [0.15, 0.2) is 77.7 Å². The minimum atomic E-state index is -1.05. The summed E-state index contributed by atoms with van der Waals surface area (Å²) in [6.45, 7) is 2.36. The van der Waals surface area contributed by atoms with E-state index in [0.717, 1.165) is 48.5 Å². The highest BCUT2D eigenvalue weighted by Crippen LogP contribution is 2.36. The van der Waals surface area contributed by atoms with Crippen LogP contribution in [0, 0.1) is 11.3 Å². The van der Waals surface area contributed by atoms with Crippen LogP contribution in [-0.2, 0) is 20.3 Å². The summed E-state index contributed by atoms with van der Waals surface area (Å²) in [7, 11) is 1.66. The predicted octanol–water partition coefficient (Wildman–Crippen LogP) is 7.43. The van der Waals surface area contributed by atoms with Gasteiger partial charge in [-0.05, 0) is 91.0 Å². The molecule has 11 heteroatoms. The Hall–Kier alpha value is -3.94. The van der Waals surface area contributed by atoms with E-state index in [2.05, 4.69) is 17.0 Å². The molecular weight excluding hydrogens is 681 g/mol. The fourth-order valence-electron chi connectivity index (χ4n) is 6.72. The molecule has 1 aliphatic heterocycles. The van der Waals surface area contributed by atoms with Gasteiger partial charge in [0.1, 0.15) is 18.4 Å². The van der Waals surface area contributed by atoms with Crippen molar-refractivity contribution in [2.45, 2.75) is 36.0 Å². The maximum absolute atomic E-state index is 14.5. The summed E-state index contributed by atoms with van der Waals surface area (Å²) in [5.74, 6) is -0.752.